The van der Waals surface area contributed by atoms with Crippen LogP contribution in [0.5, 0.6) is 0 Å². The molecule has 0 spiro atoms. The summed E-state index contributed by atoms with van der Waals surface area (Å²) in [6, 6.07) is 1.96. The van der Waals surface area contributed by atoms with Gasteiger partial charge in [-0.2, -0.15) is 19.0 Å². The van der Waals surface area contributed by atoms with Crippen LogP contribution in [-0.2, 0) is 5.54 Å². The van der Waals surface area contributed by atoms with Crippen LogP contribution in [0.15, 0.2) is 24.7 Å². The smallest absolute Gasteiger partial charge is 0.267 e. The van der Waals surface area contributed by atoms with Gasteiger partial charge in [-0.15, -0.1) is 0 Å². The minimum Gasteiger partial charge on any atom is -0.267 e. The highest BCUT2D eigenvalue weighted by Gasteiger charge is 2.25. The maximum atomic E-state index is 12.5. The minimum absolute atomic E-state index is 0.127. The fraction of sp³-hybridized carbons (Fsp3) is 0.571. The minimum atomic E-state index is -2.59. The summed E-state index contributed by atoms with van der Waals surface area (Å²) in [7, 11) is 0. The van der Waals surface area contributed by atoms with Crippen LogP contribution in [0.2, 0.25) is 0 Å². The van der Waals surface area contributed by atoms with Crippen LogP contribution in [0.4, 0.5) is 8.78 Å². The molecule has 1 unspecified atom stereocenters. The summed E-state index contributed by atoms with van der Waals surface area (Å²) in [6.07, 6.45) is 5.68. The van der Waals surface area contributed by atoms with Crippen molar-refractivity contribution in [1.82, 2.24) is 19.6 Å². The van der Waals surface area contributed by atoms with Gasteiger partial charge >= 0.3 is 6.55 Å². The van der Waals surface area contributed by atoms with E-state index < -0.39 is 6.55 Å². The van der Waals surface area contributed by atoms with Gasteiger partial charge in [0.05, 0.1) is 17.4 Å². The molecule has 0 fully saturated rings. The molecule has 0 amide bonds. The molecule has 6 heteroatoms. The molecule has 1 atom stereocenters. The Morgan fingerprint density at radius 3 is 2.55 bits per heavy atom. The van der Waals surface area contributed by atoms with Gasteiger partial charge in [-0.25, -0.2) is 4.68 Å². The van der Waals surface area contributed by atoms with Crippen molar-refractivity contribution in [2.45, 2.75) is 52.1 Å². The SMILES string of the molecule is Cc1ccn(C(C)(C)CC(C)c2cnn(C(F)F)c2)n1. The van der Waals surface area contributed by atoms with Crippen molar-refractivity contribution in [2.75, 3.05) is 0 Å². The molecular formula is C14H20F2N4. The number of rotatable bonds is 5. The van der Waals surface area contributed by atoms with Crippen molar-refractivity contribution in [3.63, 3.8) is 0 Å². The van der Waals surface area contributed by atoms with Gasteiger partial charge in [0.15, 0.2) is 0 Å². The lowest BCUT2D eigenvalue weighted by Crippen LogP contribution is -2.28. The highest BCUT2D eigenvalue weighted by atomic mass is 19.3. The molecule has 2 aromatic rings. The van der Waals surface area contributed by atoms with E-state index in [1.54, 1.807) is 0 Å². The fourth-order valence-corrected chi connectivity index (χ4v) is 2.43. The van der Waals surface area contributed by atoms with E-state index in [4.69, 9.17) is 0 Å². The summed E-state index contributed by atoms with van der Waals surface area (Å²) in [5.74, 6) is 0.127. The first-order chi connectivity index (χ1) is 9.29. The third kappa shape index (κ3) is 3.05. The molecule has 0 N–H and O–H groups in total. The number of halogens is 2. The molecule has 0 aliphatic heterocycles. The van der Waals surface area contributed by atoms with Crippen LogP contribution in [0, 0.1) is 6.92 Å². The Balaban J connectivity index is 2.11. The van der Waals surface area contributed by atoms with Crippen molar-refractivity contribution in [3.8, 4) is 0 Å². The van der Waals surface area contributed by atoms with Crippen molar-refractivity contribution in [1.29, 1.82) is 0 Å². The normalized spacial score (nSPS) is 13.9. The third-order valence-corrected chi connectivity index (χ3v) is 3.54. The lowest BCUT2D eigenvalue weighted by atomic mass is 9.88. The van der Waals surface area contributed by atoms with Gasteiger partial charge in [-0.1, -0.05) is 6.92 Å². The number of alkyl halides is 2. The van der Waals surface area contributed by atoms with Gasteiger partial charge in [-0.3, -0.25) is 4.68 Å². The predicted molar refractivity (Wildman–Crippen MR) is 72.8 cm³/mol. The average molecular weight is 282 g/mol. The van der Waals surface area contributed by atoms with Gasteiger partial charge in [-0.05, 0) is 44.7 Å². The Kier molecular flexibility index (Phi) is 3.92. The Morgan fingerprint density at radius 2 is 2.05 bits per heavy atom. The van der Waals surface area contributed by atoms with Crippen LogP contribution >= 0.6 is 0 Å². The summed E-state index contributed by atoms with van der Waals surface area (Å²) >= 11 is 0. The highest BCUT2D eigenvalue weighted by molar-refractivity contribution is 5.11. The second kappa shape index (κ2) is 5.34. The van der Waals surface area contributed by atoms with Crippen molar-refractivity contribution in [2.24, 2.45) is 0 Å². The molecule has 2 rings (SSSR count). The van der Waals surface area contributed by atoms with Crippen molar-refractivity contribution >= 4 is 0 Å². The van der Waals surface area contributed by atoms with Crippen LogP contribution in [0.25, 0.3) is 0 Å². The molecule has 0 bridgehead atoms. The molecule has 2 aromatic heterocycles. The van der Waals surface area contributed by atoms with E-state index in [1.165, 1.54) is 12.4 Å². The monoisotopic (exact) mass is 282 g/mol. The summed E-state index contributed by atoms with van der Waals surface area (Å²) in [5, 5.41) is 8.13. The summed E-state index contributed by atoms with van der Waals surface area (Å²) in [4.78, 5) is 0. The van der Waals surface area contributed by atoms with Gasteiger partial charge < -0.3 is 0 Å². The molecule has 2 heterocycles. The van der Waals surface area contributed by atoms with Crippen molar-refractivity contribution in [3.05, 3.63) is 35.9 Å². The van der Waals surface area contributed by atoms with Crippen LogP contribution < -0.4 is 0 Å². The van der Waals surface area contributed by atoms with E-state index in [9.17, 15) is 8.78 Å². The lowest BCUT2D eigenvalue weighted by molar-refractivity contribution is 0.0565. The Bertz CT molecular complexity index is 571. The number of aryl methyl sites for hydroxylation is 1. The Labute approximate surface area is 117 Å². The van der Waals surface area contributed by atoms with E-state index in [-0.39, 0.29) is 11.5 Å². The second-order valence-electron chi connectivity index (χ2n) is 5.85. The largest absolute Gasteiger partial charge is 0.333 e. The number of hydrogen-bond donors (Lipinski definition) is 0. The maximum absolute atomic E-state index is 12.5. The standard InChI is InChI=1S/C14H20F2N4/c1-10(12-8-17-19(9-12)13(15)16)7-14(3,4)20-6-5-11(2)18-20/h5-6,8-10,13H,7H2,1-4H3. The summed E-state index contributed by atoms with van der Waals surface area (Å²) in [6.45, 7) is 5.56. The molecule has 0 aliphatic carbocycles. The van der Waals surface area contributed by atoms with Crippen LogP contribution in [-0.4, -0.2) is 19.6 Å². The zero-order chi connectivity index (χ0) is 14.9. The predicted octanol–water partition coefficient (Wildman–Crippen LogP) is 3.71. The van der Waals surface area contributed by atoms with E-state index in [1.807, 2.05) is 30.8 Å². The van der Waals surface area contributed by atoms with Crippen molar-refractivity contribution < 1.29 is 8.78 Å². The van der Waals surface area contributed by atoms with Gasteiger partial charge in [0, 0.05) is 12.4 Å². The second-order valence-corrected chi connectivity index (χ2v) is 5.85. The van der Waals surface area contributed by atoms with Gasteiger partial charge in [0.25, 0.3) is 0 Å². The summed E-state index contributed by atoms with van der Waals surface area (Å²) < 4.78 is 27.7. The first kappa shape index (κ1) is 14.7. The lowest BCUT2D eigenvalue weighted by Gasteiger charge is -2.28. The molecule has 0 saturated heterocycles. The average Bonchev–Trinajstić information content (AvgIpc) is 2.96. The molecule has 20 heavy (non-hydrogen) atoms. The molecular weight excluding hydrogens is 262 g/mol. The molecule has 0 saturated carbocycles. The summed E-state index contributed by atoms with van der Waals surface area (Å²) in [5.41, 5.74) is 1.61. The molecule has 0 aromatic carbocycles. The quantitative estimate of drug-likeness (QED) is 0.838. The molecule has 0 aliphatic rings. The maximum Gasteiger partial charge on any atom is 0.333 e. The first-order valence-corrected chi connectivity index (χ1v) is 6.64. The van der Waals surface area contributed by atoms with Crippen LogP contribution in [0.1, 0.15) is 50.9 Å². The molecule has 0 radical (unpaired) electrons. The van der Waals surface area contributed by atoms with Crippen LogP contribution in [0.3, 0.4) is 0 Å². The van der Waals surface area contributed by atoms with Gasteiger partial charge in [0.1, 0.15) is 0 Å². The Morgan fingerprint density at radius 1 is 1.35 bits per heavy atom. The van der Waals surface area contributed by atoms with E-state index in [2.05, 4.69) is 24.0 Å². The molecule has 4 nitrogen and oxygen atoms in total. The number of nitrogens with zero attached hydrogens (tertiary/aromatic N) is 4. The van der Waals surface area contributed by atoms with E-state index in [0.717, 1.165) is 17.7 Å². The highest BCUT2D eigenvalue weighted by Crippen LogP contribution is 2.30. The zero-order valence-electron chi connectivity index (χ0n) is 12.2. The topological polar surface area (TPSA) is 35.6 Å². The van der Waals surface area contributed by atoms with E-state index >= 15 is 0 Å². The zero-order valence-corrected chi connectivity index (χ0v) is 12.2. The third-order valence-electron chi connectivity index (χ3n) is 3.54. The molecule has 110 valence electrons. The van der Waals surface area contributed by atoms with E-state index in [0.29, 0.717) is 4.68 Å². The first-order valence-electron chi connectivity index (χ1n) is 6.64. The number of hydrogen-bond acceptors (Lipinski definition) is 2. The van der Waals surface area contributed by atoms with Gasteiger partial charge in [0.2, 0.25) is 0 Å². The number of aromatic nitrogens is 4. The Hall–Kier alpha value is -1.72. The fourth-order valence-electron chi connectivity index (χ4n) is 2.43.